The average molecular weight is 351 g/mol. The van der Waals surface area contributed by atoms with E-state index in [4.69, 9.17) is 0 Å². The van der Waals surface area contributed by atoms with E-state index in [0.29, 0.717) is 11.5 Å². The van der Waals surface area contributed by atoms with Gasteiger partial charge in [0, 0.05) is 5.75 Å². The number of aliphatic hydroxyl groups excluding tert-OH is 1. The van der Waals surface area contributed by atoms with Gasteiger partial charge in [0.25, 0.3) is 0 Å². The predicted molar refractivity (Wildman–Crippen MR) is 103 cm³/mol. The van der Waals surface area contributed by atoms with E-state index < -0.39 is 6.10 Å². The molecule has 0 aliphatic carbocycles. The molecule has 0 aliphatic rings. The maximum Gasteiger partial charge on any atom is 0.218 e. The molecule has 0 radical (unpaired) electrons. The lowest BCUT2D eigenvalue weighted by atomic mass is 9.78. The Bertz CT molecular complexity index is 571. The molecule has 1 aromatic carbocycles. The van der Waals surface area contributed by atoms with Crippen molar-refractivity contribution in [1.29, 1.82) is 0 Å². The normalized spacial score (nSPS) is 13.6. The smallest absolute Gasteiger partial charge is 0.218 e. The summed E-state index contributed by atoms with van der Waals surface area (Å²) in [5.41, 5.74) is 2.34. The number of hydrogen-bond acceptors (Lipinski definition) is 4. The molecule has 0 saturated carbocycles. The van der Waals surface area contributed by atoms with Gasteiger partial charge in [-0.2, -0.15) is 0 Å². The van der Waals surface area contributed by atoms with Gasteiger partial charge in [-0.25, -0.2) is 0 Å². The fraction of sp³-hybridized carbons (Fsp3) is 0.550. The maximum atomic E-state index is 12.0. The third-order valence-electron chi connectivity index (χ3n) is 3.83. The monoisotopic (exact) mass is 350 g/mol. The number of rotatable bonds is 5. The third kappa shape index (κ3) is 5.38. The van der Waals surface area contributed by atoms with Crippen LogP contribution in [0.4, 0.5) is 0 Å². The van der Waals surface area contributed by atoms with Crippen molar-refractivity contribution in [3.63, 3.8) is 0 Å². The predicted octanol–water partition coefficient (Wildman–Crippen LogP) is 4.68. The van der Waals surface area contributed by atoms with Crippen LogP contribution in [0.15, 0.2) is 24.8 Å². The molecule has 2 N–H and O–H groups in total. The van der Waals surface area contributed by atoms with Crippen LogP contribution < -0.4 is 0 Å². The van der Waals surface area contributed by atoms with Crippen molar-refractivity contribution < 1.29 is 15.0 Å². The van der Waals surface area contributed by atoms with E-state index in [0.717, 1.165) is 28.5 Å². The van der Waals surface area contributed by atoms with Gasteiger partial charge in [0.15, 0.2) is 0 Å². The van der Waals surface area contributed by atoms with Gasteiger partial charge in [0.2, 0.25) is 5.12 Å². The lowest BCUT2D eigenvalue weighted by molar-refractivity contribution is -0.118. The van der Waals surface area contributed by atoms with Gasteiger partial charge in [-0.15, -0.1) is 6.58 Å². The van der Waals surface area contributed by atoms with Gasteiger partial charge < -0.3 is 10.2 Å². The molecule has 0 saturated heterocycles. The summed E-state index contributed by atoms with van der Waals surface area (Å²) in [6.07, 6.45) is 0.801. The molecule has 4 heteroatoms. The Hall–Kier alpha value is -1.26. The van der Waals surface area contributed by atoms with Crippen molar-refractivity contribution in [1.82, 2.24) is 0 Å². The Morgan fingerprint density at radius 1 is 1.17 bits per heavy atom. The van der Waals surface area contributed by atoms with Crippen molar-refractivity contribution in [2.24, 2.45) is 0 Å². The number of aromatic hydroxyl groups is 1. The van der Waals surface area contributed by atoms with Gasteiger partial charge in [0.05, 0.1) is 0 Å². The number of phenolic OH excluding ortho intramolecular Hbond substituents is 1. The molecule has 3 nitrogen and oxygen atoms in total. The number of hydrogen-bond donors (Lipinski definition) is 2. The van der Waals surface area contributed by atoms with E-state index in [9.17, 15) is 15.0 Å². The Morgan fingerprint density at radius 2 is 1.62 bits per heavy atom. The number of carbonyl (C=O) groups excluding carboxylic acids is 1. The Kier molecular flexibility index (Phi) is 6.71. The van der Waals surface area contributed by atoms with Crippen LogP contribution in [-0.4, -0.2) is 21.4 Å². The molecule has 0 spiro atoms. The van der Waals surface area contributed by atoms with Crippen molar-refractivity contribution in [2.75, 3.05) is 0 Å². The molecule has 1 rings (SSSR count). The summed E-state index contributed by atoms with van der Waals surface area (Å²) < 4.78 is 0. The Labute approximate surface area is 150 Å². The van der Waals surface area contributed by atoms with E-state index in [2.05, 4.69) is 48.1 Å². The lowest BCUT2D eigenvalue weighted by Gasteiger charge is -2.28. The first-order chi connectivity index (χ1) is 10.9. The minimum absolute atomic E-state index is 0.197. The topological polar surface area (TPSA) is 57.5 Å². The zero-order valence-electron chi connectivity index (χ0n) is 15.6. The molecule has 1 unspecified atom stereocenters. The molecular weight excluding hydrogens is 320 g/mol. The van der Waals surface area contributed by atoms with Gasteiger partial charge in [-0.3, -0.25) is 4.79 Å². The highest BCUT2D eigenvalue weighted by Gasteiger charge is 2.26. The fourth-order valence-corrected chi connectivity index (χ4v) is 3.19. The third-order valence-corrected chi connectivity index (χ3v) is 4.86. The average Bonchev–Trinajstić information content (AvgIpc) is 2.43. The minimum Gasteiger partial charge on any atom is -0.507 e. The molecule has 0 amide bonds. The van der Waals surface area contributed by atoms with E-state index in [-0.39, 0.29) is 22.4 Å². The number of carbonyl (C=O) groups is 1. The van der Waals surface area contributed by atoms with Gasteiger partial charge in [-0.05, 0) is 33.9 Å². The van der Waals surface area contributed by atoms with Crippen molar-refractivity contribution in [3.8, 4) is 5.75 Å². The van der Waals surface area contributed by atoms with Crippen LogP contribution >= 0.6 is 11.8 Å². The molecule has 0 aliphatic heterocycles. The van der Waals surface area contributed by atoms with Crippen molar-refractivity contribution in [3.05, 3.63) is 41.5 Å². The van der Waals surface area contributed by atoms with Crippen LogP contribution in [0.5, 0.6) is 5.75 Å². The first-order valence-electron chi connectivity index (χ1n) is 8.20. The highest BCUT2D eigenvalue weighted by molar-refractivity contribution is 8.13. The zero-order chi connectivity index (χ0) is 18.7. The molecule has 0 fully saturated rings. The molecule has 1 atom stereocenters. The van der Waals surface area contributed by atoms with E-state index in [1.807, 2.05) is 12.1 Å². The molecule has 0 heterocycles. The summed E-state index contributed by atoms with van der Waals surface area (Å²) in [6, 6.07) is 3.93. The second-order valence-electron chi connectivity index (χ2n) is 8.19. The SMILES string of the molecule is C=CCC(O)C(=O)SCc1cc(C(C)(C)C)c(O)c(C(C)(C)C)c1. The number of thioether (sulfide) groups is 1. The second-order valence-corrected chi connectivity index (χ2v) is 9.17. The van der Waals surface area contributed by atoms with Gasteiger partial charge in [0.1, 0.15) is 11.9 Å². The highest BCUT2D eigenvalue weighted by Crippen LogP contribution is 2.40. The molecule has 0 aromatic heterocycles. The fourth-order valence-electron chi connectivity index (χ4n) is 2.43. The maximum absolute atomic E-state index is 12.0. The first-order valence-corrected chi connectivity index (χ1v) is 9.19. The quantitative estimate of drug-likeness (QED) is 0.757. The summed E-state index contributed by atoms with van der Waals surface area (Å²) in [4.78, 5) is 12.0. The van der Waals surface area contributed by atoms with Crippen LogP contribution in [0, 0.1) is 0 Å². The zero-order valence-corrected chi connectivity index (χ0v) is 16.5. The van der Waals surface area contributed by atoms with Crippen LogP contribution in [0.1, 0.15) is 64.7 Å². The summed E-state index contributed by atoms with van der Waals surface area (Å²) in [5.74, 6) is 0.807. The Morgan fingerprint density at radius 3 is 2.00 bits per heavy atom. The molecular formula is C20H30O3S. The van der Waals surface area contributed by atoms with Gasteiger partial charge in [-0.1, -0.05) is 71.5 Å². The Balaban J connectivity index is 3.16. The molecule has 134 valence electrons. The van der Waals surface area contributed by atoms with E-state index >= 15 is 0 Å². The van der Waals surface area contributed by atoms with E-state index in [1.54, 1.807) is 6.08 Å². The number of aliphatic hydroxyl groups is 1. The van der Waals surface area contributed by atoms with Crippen LogP contribution in [0.3, 0.4) is 0 Å². The second kappa shape index (κ2) is 7.75. The summed E-state index contributed by atoms with van der Waals surface area (Å²) in [5, 5.41) is 20.2. The summed E-state index contributed by atoms with van der Waals surface area (Å²) >= 11 is 1.10. The lowest BCUT2D eigenvalue weighted by Crippen LogP contribution is -2.18. The van der Waals surface area contributed by atoms with E-state index in [1.165, 1.54) is 0 Å². The highest BCUT2D eigenvalue weighted by atomic mass is 32.2. The largest absolute Gasteiger partial charge is 0.507 e. The number of phenols is 1. The molecule has 1 aromatic rings. The van der Waals surface area contributed by atoms with Crippen LogP contribution in [0.2, 0.25) is 0 Å². The molecule has 24 heavy (non-hydrogen) atoms. The van der Waals surface area contributed by atoms with Crippen molar-refractivity contribution in [2.45, 2.75) is 70.7 Å². The van der Waals surface area contributed by atoms with Crippen molar-refractivity contribution >= 4 is 16.9 Å². The first kappa shape index (κ1) is 20.8. The minimum atomic E-state index is -1.01. The number of benzene rings is 1. The summed E-state index contributed by atoms with van der Waals surface area (Å²) in [6.45, 7) is 15.9. The van der Waals surface area contributed by atoms with Gasteiger partial charge >= 0.3 is 0 Å². The summed E-state index contributed by atoms with van der Waals surface area (Å²) in [7, 11) is 0. The standard InChI is InChI=1S/C20H30O3S/c1-8-9-16(21)18(23)24-12-13-10-14(19(2,3)4)17(22)15(11-13)20(5,6)7/h8,10-11,16,21-22H,1,9,12H2,2-7H3. The molecule has 0 bridgehead atoms. The van der Waals surface area contributed by atoms with Crippen LogP contribution in [-0.2, 0) is 21.4 Å². The van der Waals surface area contributed by atoms with Crippen LogP contribution in [0.25, 0.3) is 0 Å².